The van der Waals surface area contributed by atoms with Gasteiger partial charge in [0, 0.05) is 0 Å². The molecule has 0 radical (unpaired) electrons. The molecule has 0 aliphatic heterocycles. The van der Waals surface area contributed by atoms with E-state index < -0.39 is 10.1 Å². The summed E-state index contributed by atoms with van der Waals surface area (Å²) in [5.74, 6) is -0.259. The van der Waals surface area contributed by atoms with Gasteiger partial charge in [-0.05, 0) is 13.8 Å². The molecule has 5 heteroatoms. The van der Waals surface area contributed by atoms with Crippen molar-refractivity contribution in [2.45, 2.75) is 13.8 Å². The first-order chi connectivity index (χ1) is 5.33. The molecule has 0 N–H and O–H groups in total. The number of quaternary nitrogens is 1. The Morgan fingerprint density at radius 2 is 1.67 bits per heavy atom. The maximum Gasteiger partial charge on any atom is 0.100 e. The molecule has 0 aliphatic carbocycles. The monoisotopic (exact) mass is 195 g/mol. The minimum Gasteiger partial charge on any atom is -0.748 e. The van der Waals surface area contributed by atoms with Gasteiger partial charge in [0.2, 0.25) is 0 Å². The predicted octanol–water partition coefficient (Wildman–Crippen LogP) is 0.0180. The van der Waals surface area contributed by atoms with Crippen molar-refractivity contribution in [3.8, 4) is 0 Å². The molecule has 0 aliphatic rings. The Kier molecular flexibility index (Phi) is 4.16. The second-order valence-corrected chi connectivity index (χ2v) is 4.76. The van der Waals surface area contributed by atoms with Crippen LogP contribution >= 0.6 is 0 Å². The highest BCUT2D eigenvalue weighted by Gasteiger charge is 2.16. The van der Waals surface area contributed by atoms with E-state index in [-0.39, 0.29) is 5.75 Å². The van der Waals surface area contributed by atoms with Crippen molar-refractivity contribution < 1.29 is 17.5 Å². The fraction of sp³-hybridized carbons (Fsp3) is 1.00. The zero-order valence-electron chi connectivity index (χ0n) is 7.91. The van der Waals surface area contributed by atoms with Crippen LogP contribution in [0.25, 0.3) is 0 Å². The highest BCUT2D eigenvalue weighted by atomic mass is 32.2. The average molecular weight is 195 g/mol. The van der Waals surface area contributed by atoms with Gasteiger partial charge >= 0.3 is 0 Å². The molecule has 0 atom stereocenters. The van der Waals surface area contributed by atoms with Crippen molar-refractivity contribution in [2.24, 2.45) is 0 Å². The van der Waals surface area contributed by atoms with Crippen LogP contribution in [-0.4, -0.2) is 49.9 Å². The molecule has 0 bridgehead atoms. The van der Waals surface area contributed by atoms with Gasteiger partial charge in [0.15, 0.2) is 0 Å². The summed E-state index contributed by atoms with van der Waals surface area (Å²) in [5.41, 5.74) is 0. The van der Waals surface area contributed by atoms with E-state index >= 15 is 0 Å². The van der Waals surface area contributed by atoms with E-state index in [1.54, 1.807) is 0 Å². The van der Waals surface area contributed by atoms with Gasteiger partial charge in [-0.15, -0.1) is 0 Å². The molecule has 0 aromatic carbocycles. The molecular weight excluding hydrogens is 178 g/mol. The van der Waals surface area contributed by atoms with Crippen LogP contribution in [0.4, 0.5) is 0 Å². The third kappa shape index (κ3) is 4.69. The molecule has 0 saturated carbocycles. The molecule has 0 spiro atoms. The predicted molar refractivity (Wildman–Crippen MR) is 46.7 cm³/mol. The first-order valence-corrected chi connectivity index (χ1v) is 5.68. The standard InChI is InChI=1S/C7H17NO3S/c1-4-8(3,5-2)6-7-12(9,10)11/h4-7H2,1-3H3. The average Bonchev–Trinajstić information content (AvgIpc) is 1.99. The molecule has 0 aromatic heterocycles. The summed E-state index contributed by atoms with van der Waals surface area (Å²) in [6, 6.07) is 0. The number of hydrogen-bond acceptors (Lipinski definition) is 3. The zero-order chi connectivity index (χ0) is 9.83. The highest BCUT2D eigenvalue weighted by molar-refractivity contribution is 7.85. The maximum atomic E-state index is 10.3. The van der Waals surface area contributed by atoms with Crippen LogP contribution in [-0.2, 0) is 10.1 Å². The second-order valence-electron chi connectivity index (χ2n) is 3.24. The lowest BCUT2D eigenvalue weighted by atomic mass is 10.4. The molecule has 0 amide bonds. The van der Waals surface area contributed by atoms with Crippen LogP contribution in [0.3, 0.4) is 0 Å². The molecule has 0 heterocycles. The lowest BCUT2D eigenvalue weighted by Crippen LogP contribution is -2.46. The van der Waals surface area contributed by atoms with Crippen LogP contribution in [0.2, 0.25) is 0 Å². The lowest BCUT2D eigenvalue weighted by molar-refractivity contribution is -0.903. The summed E-state index contributed by atoms with van der Waals surface area (Å²) >= 11 is 0. The minimum absolute atomic E-state index is 0.259. The van der Waals surface area contributed by atoms with E-state index in [2.05, 4.69) is 0 Å². The highest BCUT2D eigenvalue weighted by Crippen LogP contribution is 2.01. The van der Waals surface area contributed by atoms with E-state index in [0.717, 1.165) is 13.1 Å². The van der Waals surface area contributed by atoms with Crippen molar-refractivity contribution in [1.82, 2.24) is 0 Å². The molecule has 0 fully saturated rings. The Labute approximate surface area is 74.5 Å². The number of rotatable bonds is 5. The fourth-order valence-corrected chi connectivity index (χ4v) is 1.54. The Morgan fingerprint density at radius 3 is 1.92 bits per heavy atom. The van der Waals surface area contributed by atoms with E-state index in [4.69, 9.17) is 0 Å². The van der Waals surface area contributed by atoms with Gasteiger partial charge in [-0.2, -0.15) is 0 Å². The van der Waals surface area contributed by atoms with Gasteiger partial charge < -0.3 is 9.04 Å². The molecule has 0 saturated heterocycles. The molecular formula is C7H17NO3S. The Hall–Kier alpha value is -0.130. The van der Waals surface area contributed by atoms with Crippen LogP contribution in [0.1, 0.15) is 13.8 Å². The van der Waals surface area contributed by atoms with Crippen molar-refractivity contribution in [3.05, 3.63) is 0 Å². The van der Waals surface area contributed by atoms with Crippen molar-refractivity contribution in [1.29, 1.82) is 0 Å². The third-order valence-corrected chi connectivity index (χ3v) is 3.09. The molecule has 0 unspecified atom stereocenters. The number of nitrogens with zero attached hydrogens (tertiary/aromatic N) is 1. The normalized spacial score (nSPS) is 13.3. The maximum absolute atomic E-state index is 10.3. The Balaban J connectivity index is 4.07. The lowest BCUT2D eigenvalue weighted by Gasteiger charge is -2.32. The fourth-order valence-electron chi connectivity index (χ4n) is 0.872. The number of hydrogen-bond donors (Lipinski definition) is 0. The summed E-state index contributed by atoms with van der Waals surface area (Å²) in [7, 11) is -2.09. The van der Waals surface area contributed by atoms with Crippen molar-refractivity contribution in [2.75, 3.05) is 32.4 Å². The summed E-state index contributed by atoms with van der Waals surface area (Å²) in [4.78, 5) is 0. The second kappa shape index (κ2) is 4.20. The quantitative estimate of drug-likeness (QED) is 0.459. The minimum atomic E-state index is -4.04. The summed E-state index contributed by atoms with van der Waals surface area (Å²) in [6.07, 6.45) is 0. The van der Waals surface area contributed by atoms with E-state index in [0.29, 0.717) is 11.0 Å². The van der Waals surface area contributed by atoms with Crippen LogP contribution in [0.15, 0.2) is 0 Å². The zero-order valence-corrected chi connectivity index (χ0v) is 8.73. The van der Waals surface area contributed by atoms with Crippen molar-refractivity contribution >= 4 is 10.1 Å². The SMILES string of the molecule is CC[N+](C)(CC)CCS(=O)(=O)[O-]. The largest absolute Gasteiger partial charge is 0.748 e. The van der Waals surface area contributed by atoms with Gasteiger partial charge in [0.1, 0.15) is 10.1 Å². The van der Waals surface area contributed by atoms with E-state index in [1.165, 1.54) is 0 Å². The van der Waals surface area contributed by atoms with Gasteiger partial charge in [0.25, 0.3) is 0 Å². The first-order valence-electron chi connectivity index (χ1n) is 4.10. The van der Waals surface area contributed by atoms with Crippen LogP contribution in [0.5, 0.6) is 0 Å². The summed E-state index contributed by atoms with van der Waals surface area (Å²) < 4.78 is 31.7. The molecule has 0 rings (SSSR count). The van der Waals surface area contributed by atoms with Gasteiger partial charge in [0.05, 0.1) is 32.4 Å². The Bertz CT molecular complexity index is 219. The molecule has 0 aromatic rings. The smallest absolute Gasteiger partial charge is 0.100 e. The topological polar surface area (TPSA) is 57.2 Å². The molecule has 4 nitrogen and oxygen atoms in total. The first kappa shape index (κ1) is 11.9. The Morgan fingerprint density at radius 1 is 1.25 bits per heavy atom. The van der Waals surface area contributed by atoms with Gasteiger partial charge in [-0.25, -0.2) is 8.42 Å². The van der Waals surface area contributed by atoms with E-state index in [1.807, 2.05) is 20.9 Å². The van der Waals surface area contributed by atoms with Crippen LogP contribution in [0, 0.1) is 0 Å². The van der Waals surface area contributed by atoms with Gasteiger partial charge in [-0.1, -0.05) is 0 Å². The van der Waals surface area contributed by atoms with Crippen molar-refractivity contribution in [3.63, 3.8) is 0 Å². The molecule has 12 heavy (non-hydrogen) atoms. The van der Waals surface area contributed by atoms with Crippen LogP contribution < -0.4 is 0 Å². The third-order valence-electron chi connectivity index (χ3n) is 2.41. The summed E-state index contributed by atoms with van der Waals surface area (Å²) in [5, 5.41) is 0. The molecule has 74 valence electrons. The summed E-state index contributed by atoms with van der Waals surface area (Å²) in [6.45, 7) is 6.10. The van der Waals surface area contributed by atoms with E-state index in [9.17, 15) is 13.0 Å². The van der Waals surface area contributed by atoms with Gasteiger partial charge in [-0.3, -0.25) is 0 Å².